The molecule has 16 aromatic carbocycles. The second-order valence-corrected chi connectivity index (χ2v) is 34.9. The fourth-order valence-corrected chi connectivity index (χ4v) is 23.0. The zero-order chi connectivity index (χ0) is 84.0. The highest BCUT2D eigenvalue weighted by molar-refractivity contribution is 7.27. The smallest absolute Gasteiger partial charge is 0.238 e. The van der Waals surface area contributed by atoms with Crippen LogP contribution in [0.4, 0.5) is 0 Å². The van der Waals surface area contributed by atoms with Crippen LogP contribution in [0, 0.1) is 0 Å². The molecule has 13 nitrogen and oxygen atoms in total. The maximum Gasteiger partial charge on any atom is 0.238 e. The fourth-order valence-electron chi connectivity index (χ4n) is 19.4. The normalized spacial score (nSPS) is 11.9. The van der Waals surface area contributed by atoms with Gasteiger partial charge in [-0.25, -0.2) is 39.9 Å². The number of hydrogen-bond donors (Lipinski definition) is 0. The number of aromatic nitrogens is 13. The van der Waals surface area contributed by atoms with Gasteiger partial charge in [0.25, 0.3) is 0 Å². The molecule has 0 bridgehead atoms. The van der Waals surface area contributed by atoms with Crippen molar-refractivity contribution in [2.45, 2.75) is 0 Å². The average molecular weight is 1690 g/mol. The number of benzene rings is 16. The molecule has 16 heteroatoms. The van der Waals surface area contributed by atoms with Crippen molar-refractivity contribution in [2.75, 3.05) is 0 Å². The predicted octanol–water partition coefficient (Wildman–Crippen LogP) is 29.5. The van der Waals surface area contributed by atoms with E-state index < -0.39 is 0 Å². The second kappa shape index (κ2) is 29.6. The van der Waals surface area contributed by atoms with Gasteiger partial charge < -0.3 is 4.57 Å². The number of para-hydroxylation sites is 5. The monoisotopic (exact) mass is 1690 g/mol. The number of nitrogens with zero attached hydrogens (tertiary/aromatic N) is 13. The first kappa shape index (κ1) is 73.1. The average Bonchev–Trinajstić information content (AvgIpc) is 1.55. The van der Waals surface area contributed by atoms with Gasteiger partial charge in [-0.1, -0.05) is 297 Å². The van der Waals surface area contributed by atoms with Gasteiger partial charge in [0.05, 0.1) is 69.6 Å². The molecule has 28 aromatic rings. The van der Waals surface area contributed by atoms with Crippen LogP contribution in [0.15, 0.2) is 395 Å². The Morgan fingerprint density at radius 2 is 0.500 bits per heavy atom. The Labute approximate surface area is 741 Å². The molecule has 0 N–H and O–H groups in total. The molecule has 0 fully saturated rings. The maximum absolute atomic E-state index is 5.30. The molecule has 0 radical (unpaired) electrons. The van der Waals surface area contributed by atoms with Crippen LogP contribution in [0.1, 0.15) is 0 Å². The van der Waals surface area contributed by atoms with E-state index in [1.165, 1.54) is 117 Å². The molecule has 128 heavy (non-hydrogen) atoms. The quantitative estimate of drug-likeness (QED) is 0.144. The Kier molecular flexibility index (Phi) is 16.9. The minimum atomic E-state index is 0.593. The summed E-state index contributed by atoms with van der Waals surface area (Å²) in [6.07, 6.45) is 5.64. The van der Waals surface area contributed by atoms with E-state index in [-0.39, 0.29) is 0 Å². The van der Waals surface area contributed by atoms with Crippen LogP contribution in [-0.4, -0.2) is 63.5 Å². The molecule has 0 aliphatic rings. The number of rotatable bonds is 8. The van der Waals surface area contributed by atoms with E-state index in [2.05, 4.69) is 287 Å². The van der Waals surface area contributed by atoms with Crippen molar-refractivity contribution in [3.8, 4) is 74.3 Å². The van der Waals surface area contributed by atoms with Crippen LogP contribution < -0.4 is 0 Å². The first-order valence-electron chi connectivity index (χ1n) is 42.5. The summed E-state index contributed by atoms with van der Waals surface area (Å²) in [5.74, 6) is 3.25. The lowest BCUT2D eigenvalue weighted by atomic mass is 9.99. The van der Waals surface area contributed by atoms with Crippen LogP contribution in [-0.2, 0) is 0 Å². The van der Waals surface area contributed by atoms with E-state index in [1.54, 1.807) is 34.0 Å². The van der Waals surface area contributed by atoms with Gasteiger partial charge in [-0.3, -0.25) is 9.13 Å². The van der Waals surface area contributed by atoms with E-state index in [1.807, 2.05) is 122 Å². The standard InChI is InChI=1S/C41H24N4S.C36H21N5S.C35H20N4S/c1-2-12-25(13-3-1)37-30-18-6-8-21-33(30)43-40(44-37)26-14-10-15-27(24-26)45-34-22-9-7-19-31(34)35-28-16-4-5-17-29(28)36-32-20-11-23-42-41(32)46-39(36)38(35)45;1-3-12-22(13-4-1)33-38-34(23-14-5-2-6-15-23)40-36(39-33)41-28-20-10-9-18-26(28)29-24-16-7-8-17-25(24)30-27-19-11-21-37-35(27)42-32(30)31(29)41;1-2-11-21(12-3-1)31-24-15-6-8-18-27(24)37-35(38-31)39-28-19-9-7-16-25(28)29-22-13-4-5-14-23(22)30-26-17-10-20-36-34(26)40-33(30)32(29)39/h1-24H;1-21H;1-20H. The SMILES string of the molecule is c1ccc(-c2nc(-c3cccc(-n4c5ccccc5c5c6ccccc6c6c7cccnc7sc6c54)c3)nc3ccccc23)cc1.c1ccc(-c2nc(-c3ccccc3)nc(-n3c4ccccc4c4c5ccccc5c5c6cccnc6sc5c43)n2)cc1.c1ccc(-c2nc(-n3c4ccccc4c4c5ccccc5c5c6cccnc6sc5c43)nc3ccccc23)cc1. The molecule has 28 rings (SSSR count). The minimum Gasteiger partial charge on any atom is -0.308 e. The van der Waals surface area contributed by atoms with Crippen molar-refractivity contribution in [2.24, 2.45) is 0 Å². The summed E-state index contributed by atoms with van der Waals surface area (Å²) < 4.78 is 10.6. The van der Waals surface area contributed by atoms with E-state index in [0.29, 0.717) is 29.4 Å². The Hall–Kier alpha value is -16.5. The molecule has 12 heterocycles. The molecular formula is C112H65N13S3. The van der Waals surface area contributed by atoms with Crippen molar-refractivity contribution in [3.63, 3.8) is 0 Å². The second-order valence-electron chi connectivity index (χ2n) is 32.0. The molecule has 12 aromatic heterocycles. The summed E-state index contributed by atoms with van der Waals surface area (Å²) in [5, 5.41) is 24.1. The first-order chi connectivity index (χ1) is 63.5. The number of fused-ring (bicyclic) bond motifs is 32. The molecule has 0 aliphatic heterocycles. The minimum absolute atomic E-state index is 0.593. The molecule has 0 saturated heterocycles. The van der Waals surface area contributed by atoms with E-state index in [4.69, 9.17) is 49.8 Å². The summed E-state index contributed by atoms with van der Waals surface area (Å²) in [4.78, 5) is 53.4. The Morgan fingerprint density at radius 1 is 0.195 bits per heavy atom. The van der Waals surface area contributed by atoms with Crippen molar-refractivity contribution in [1.29, 1.82) is 0 Å². The molecule has 0 unspecified atom stereocenters. The van der Waals surface area contributed by atoms with Gasteiger partial charge in [0.1, 0.15) is 14.5 Å². The highest BCUT2D eigenvalue weighted by atomic mass is 32.1. The number of hydrogen-bond acceptors (Lipinski definition) is 13. The first-order valence-corrected chi connectivity index (χ1v) is 45.0. The van der Waals surface area contributed by atoms with E-state index in [9.17, 15) is 0 Å². The van der Waals surface area contributed by atoms with Crippen molar-refractivity contribution in [1.82, 2.24) is 63.5 Å². The van der Waals surface area contributed by atoms with Crippen LogP contribution in [0.5, 0.6) is 0 Å². The molecular weight excluding hydrogens is 1620 g/mol. The van der Waals surface area contributed by atoms with Crippen LogP contribution >= 0.6 is 34.0 Å². The summed E-state index contributed by atoms with van der Waals surface area (Å²) >= 11 is 5.25. The largest absolute Gasteiger partial charge is 0.308 e. The fraction of sp³-hybridized carbons (Fsp3) is 0. The third-order valence-electron chi connectivity index (χ3n) is 24.8. The lowest BCUT2D eigenvalue weighted by Crippen LogP contribution is -2.06. The summed E-state index contributed by atoms with van der Waals surface area (Å²) in [5.41, 5.74) is 16.6. The molecule has 0 aliphatic carbocycles. The molecule has 0 atom stereocenters. The van der Waals surface area contributed by atoms with Gasteiger partial charge in [0.15, 0.2) is 17.5 Å². The van der Waals surface area contributed by atoms with Crippen LogP contribution in [0.25, 0.3) is 255 Å². The third-order valence-corrected chi connectivity index (χ3v) is 28.2. The lowest BCUT2D eigenvalue weighted by molar-refractivity contribution is 0.955. The van der Waals surface area contributed by atoms with Gasteiger partial charge in [-0.2, -0.15) is 9.97 Å². The zero-order valence-electron chi connectivity index (χ0n) is 68.1. The Morgan fingerprint density at radius 3 is 0.922 bits per heavy atom. The highest BCUT2D eigenvalue weighted by Gasteiger charge is 2.29. The molecule has 0 amide bonds. The van der Waals surface area contributed by atoms with Crippen LogP contribution in [0.2, 0.25) is 0 Å². The third kappa shape index (κ3) is 11.5. The maximum atomic E-state index is 5.30. The zero-order valence-corrected chi connectivity index (χ0v) is 70.5. The van der Waals surface area contributed by atoms with Gasteiger partial charge in [-0.05, 0) is 111 Å². The Balaban J connectivity index is 0.000000102. The van der Waals surface area contributed by atoms with Crippen LogP contribution in [0.3, 0.4) is 0 Å². The van der Waals surface area contributed by atoms with Gasteiger partial charge >= 0.3 is 0 Å². The van der Waals surface area contributed by atoms with Gasteiger partial charge in [0, 0.05) is 128 Å². The number of thiophene rings is 3. The molecule has 596 valence electrons. The van der Waals surface area contributed by atoms with Crippen molar-refractivity contribution >= 4 is 214 Å². The molecule has 0 saturated carbocycles. The molecule has 0 spiro atoms. The lowest BCUT2D eigenvalue weighted by Gasteiger charge is -2.13. The van der Waals surface area contributed by atoms with E-state index in [0.717, 1.165) is 109 Å². The van der Waals surface area contributed by atoms with Crippen molar-refractivity contribution < 1.29 is 0 Å². The summed E-state index contributed by atoms with van der Waals surface area (Å²) in [6, 6.07) is 131. The highest BCUT2D eigenvalue weighted by Crippen LogP contribution is 2.52. The number of pyridine rings is 3. The van der Waals surface area contributed by atoms with Gasteiger partial charge in [0.2, 0.25) is 11.9 Å². The Bertz CT molecular complexity index is 9370. The topological polar surface area (TPSA) is 144 Å². The van der Waals surface area contributed by atoms with Gasteiger partial charge in [-0.15, -0.1) is 34.0 Å². The summed E-state index contributed by atoms with van der Waals surface area (Å²) in [6.45, 7) is 0. The summed E-state index contributed by atoms with van der Waals surface area (Å²) in [7, 11) is 0. The predicted molar refractivity (Wildman–Crippen MR) is 534 cm³/mol. The van der Waals surface area contributed by atoms with E-state index >= 15 is 0 Å². The van der Waals surface area contributed by atoms with Crippen molar-refractivity contribution in [3.05, 3.63) is 395 Å².